The minimum absolute atomic E-state index is 0.194. The van der Waals surface area contributed by atoms with Crippen molar-refractivity contribution in [2.75, 3.05) is 32.7 Å². The number of aryl methyl sites for hydroxylation is 4. The Kier molecular flexibility index (Phi) is 24.2. The van der Waals surface area contributed by atoms with Crippen molar-refractivity contribution >= 4 is 18.3 Å². The molecule has 0 unspecified atom stereocenters. The SMILES string of the molecule is C#CC.CC.Cc1cc2n(n1)CCN(C(=O)OCc1ccccc1)C2.Cc1cc2n(n1)CCNC2.Cc1cnn2c1CN(C(=O)OCc1ccccc1)CC2.Cc1cnn2c1CNCC2.O=C(OCc1ccccc1)N1CC[n+]2[nH]oc(=O)c2C1. The molecule has 5 aromatic heterocycles. The van der Waals surface area contributed by atoms with Gasteiger partial charge < -0.3 is 34.6 Å². The molecule has 0 aliphatic carbocycles. The van der Waals surface area contributed by atoms with Gasteiger partial charge in [0, 0.05) is 39.3 Å². The van der Waals surface area contributed by atoms with Gasteiger partial charge in [-0.3, -0.25) is 28.2 Å². The van der Waals surface area contributed by atoms with Crippen molar-refractivity contribution in [1.82, 2.24) is 69.7 Å². The van der Waals surface area contributed by atoms with Gasteiger partial charge in [0.1, 0.15) is 26.4 Å². The summed E-state index contributed by atoms with van der Waals surface area (Å²) in [7, 11) is 0. The minimum Gasteiger partial charge on any atom is -0.445 e. The highest BCUT2D eigenvalue weighted by molar-refractivity contribution is 5.68. The van der Waals surface area contributed by atoms with Gasteiger partial charge in [0.2, 0.25) is 0 Å². The van der Waals surface area contributed by atoms with E-state index in [0.717, 1.165) is 97.4 Å². The maximum atomic E-state index is 12.1. The monoisotopic (exact) mass is 1160 g/mol. The lowest BCUT2D eigenvalue weighted by Crippen LogP contribution is -2.53. The van der Waals surface area contributed by atoms with E-state index >= 15 is 0 Å². The van der Waals surface area contributed by atoms with Crippen molar-refractivity contribution in [3.8, 4) is 12.3 Å². The van der Waals surface area contributed by atoms with E-state index < -0.39 is 11.7 Å². The molecule has 0 atom stereocenters. The molecule has 13 rings (SSSR count). The normalized spacial score (nSPS) is 14.0. The molecule has 0 saturated carbocycles. The quantitative estimate of drug-likeness (QED) is 0.0840. The summed E-state index contributed by atoms with van der Waals surface area (Å²) in [6.45, 7) is 25.7. The number of nitrogens with one attached hydrogen (secondary N) is 3. The van der Waals surface area contributed by atoms with E-state index in [2.05, 4.69) is 75.5 Å². The van der Waals surface area contributed by atoms with Gasteiger partial charge in [-0.1, -0.05) is 110 Å². The Labute approximate surface area is 496 Å². The fourth-order valence-corrected chi connectivity index (χ4v) is 9.48. The van der Waals surface area contributed by atoms with Gasteiger partial charge in [-0.25, -0.2) is 19.2 Å². The van der Waals surface area contributed by atoms with Crippen LogP contribution in [0, 0.1) is 40.0 Å². The highest BCUT2D eigenvalue weighted by Gasteiger charge is 2.33. The number of aromatic nitrogens is 10. The van der Waals surface area contributed by atoms with Crippen molar-refractivity contribution in [2.45, 2.75) is 134 Å². The second kappa shape index (κ2) is 32.5. The fourth-order valence-electron chi connectivity index (χ4n) is 9.48. The third-order valence-corrected chi connectivity index (χ3v) is 13.9. The summed E-state index contributed by atoms with van der Waals surface area (Å²) in [6, 6.07) is 33.0. The molecule has 5 aliphatic rings. The van der Waals surface area contributed by atoms with Gasteiger partial charge in [-0.05, 0) is 79.8 Å². The average molecular weight is 1160 g/mol. The van der Waals surface area contributed by atoms with Crippen LogP contribution in [0.3, 0.4) is 0 Å². The van der Waals surface area contributed by atoms with Crippen molar-refractivity contribution in [1.29, 1.82) is 0 Å². The lowest BCUT2D eigenvalue weighted by atomic mass is 10.2. The lowest BCUT2D eigenvalue weighted by Gasteiger charge is -2.27. The van der Waals surface area contributed by atoms with Gasteiger partial charge in [-0.15, -0.1) is 12.3 Å². The molecule has 0 bridgehead atoms. The van der Waals surface area contributed by atoms with E-state index in [0.29, 0.717) is 58.2 Å². The molecule has 23 heteroatoms. The molecule has 85 heavy (non-hydrogen) atoms. The number of fused-ring (bicyclic) bond motifs is 5. The summed E-state index contributed by atoms with van der Waals surface area (Å²) < 4.78 is 30.3. The number of nitrogens with zero attached hydrogens (tertiary/aromatic N) is 12. The summed E-state index contributed by atoms with van der Waals surface area (Å²) in [6.07, 6.45) is 7.41. The number of hydrogen-bond donors (Lipinski definition) is 3. The Morgan fingerprint density at radius 1 is 0.576 bits per heavy atom. The first kappa shape index (κ1) is 63.3. The van der Waals surface area contributed by atoms with Crippen molar-refractivity contribution in [2.24, 2.45) is 0 Å². The van der Waals surface area contributed by atoms with Crippen LogP contribution in [0.1, 0.15) is 88.4 Å². The van der Waals surface area contributed by atoms with Crippen LogP contribution < -0.4 is 20.9 Å². The number of hydrogen-bond acceptors (Lipinski definition) is 14. The highest BCUT2D eigenvalue weighted by atomic mass is 16.6. The lowest BCUT2D eigenvalue weighted by molar-refractivity contribution is -0.773. The molecular formula is C62H80N15O8+. The van der Waals surface area contributed by atoms with Gasteiger partial charge in [-0.2, -0.15) is 20.4 Å². The maximum Gasteiger partial charge on any atom is 0.431 e. The zero-order valence-electron chi connectivity index (χ0n) is 49.9. The van der Waals surface area contributed by atoms with E-state index in [1.165, 1.54) is 21.9 Å². The van der Waals surface area contributed by atoms with Crippen LogP contribution in [0.5, 0.6) is 0 Å². The van der Waals surface area contributed by atoms with Crippen LogP contribution in [0.2, 0.25) is 0 Å². The maximum absolute atomic E-state index is 12.1. The van der Waals surface area contributed by atoms with Gasteiger partial charge >= 0.3 is 29.6 Å². The minimum atomic E-state index is -0.453. The van der Waals surface area contributed by atoms with E-state index in [1.807, 2.05) is 153 Å². The predicted molar refractivity (Wildman–Crippen MR) is 318 cm³/mol. The fraction of sp³-hybridized carbons (Fsp3) is 0.403. The van der Waals surface area contributed by atoms with Crippen molar-refractivity contribution < 1.29 is 37.8 Å². The number of ether oxygens (including phenoxy) is 3. The summed E-state index contributed by atoms with van der Waals surface area (Å²) in [5, 5.41) is 26.3. The van der Waals surface area contributed by atoms with E-state index in [-0.39, 0.29) is 25.3 Å². The number of amides is 3. The molecule has 8 aromatic rings. The zero-order chi connectivity index (χ0) is 60.5. The smallest absolute Gasteiger partial charge is 0.431 e. The van der Waals surface area contributed by atoms with Gasteiger partial charge in [0.25, 0.3) is 0 Å². The first-order chi connectivity index (χ1) is 41.3. The largest absolute Gasteiger partial charge is 0.445 e. The number of rotatable bonds is 6. The van der Waals surface area contributed by atoms with Crippen LogP contribution in [-0.4, -0.2) is 110 Å². The topological polar surface area (TPSA) is 234 Å². The van der Waals surface area contributed by atoms with Crippen LogP contribution in [0.25, 0.3) is 0 Å². The van der Waals surface area contributed by atoms with Crippen molar-refractivity contribution in [3.05, 3.63) is 194 Å². The van der Waals surface area contributed by atoms with E-state index in [9.17, 15) is 19.2 Å². The summed E-state index contributed by atoms with van der Waals surface area (Å²) in [5.41, 5.74) is 12.2. The third-order valence-electron chi connectivity index (χ3n) is 13.9. The second-order valence-electron chi connectivity index (χ2n) is 20.1. The van der Waals surface area contributed by atoms with E-state index in [4.69, 9.17) is 14.2 Å². The number of carbonyl (C=O) groups excluding carboxylic acids is 3. The molecule has 3 N–H and O–H groups in total. The van der Waals surface area contributed by atoms with Crippen LogP contribution in [-0.2, 0) is 99.5 Å². The van der Waals surface area contributed by atoms with Crippen LogP contribution >= 0.6 is 0 Å². The van der Waals surface area contributed by atoms with Crippen molar-refractivity contribution in [3.63, 3.8) is 0 Å². The number of benzene rings is 3. The first-order valence-electron chi connectivity index (χ1n) is 28.7. The third kappa shape index (κ3) is 18.6. The number of aromatic amines is 1. The molecule has 0 radical (unpaired) electrons. The zero-order valence-corrected chi connectivity index (χ0v) is 49.9. The molecule has 0 saturated heterocycles. The average Bonchev–Trinajstić information content (AvgIpc) is 3.63. The standard InChI is InChI=1S/2C15H17N3O2.C13H13N3O4.2C7H11N3.C3H4.C2H6/c1-12-9-16-18-8-7-17(10-14(12)18)15(19)20-11-13-5-3-2-4-6-13;1-12-9-14-10-17(7-8-18(14)16-12)15(19)20-11-13-5-3-2-4-6-13;17-12-11-8-15(6-7-16(11)14-20-12)13(18)19-9-10-4-2-1-3-5-10;1-6-4-9-10-3-2-8-5-7(6)10;1-6-4-7-5-8-2-3-10(7)9-6;1-3-2;1-2/h2*2-6,9H,7-8,10-11H2,1H3;1-5H,6-9H2;2*4,8H,2-3,5H2,1H3;1H,2H3;1-2H3/p+1. The Morgan fingerprint density at radius 3 is 1.53 bits per heavy atom. The highest BCUT2D eigenvalue weighted by Crippen LogP contribution is 2.18. The summed E-state index contributed by atoms with van der Waals surface area (Å²) in [5.74, 6) is 2.25. The van der Waals surface area contributed by atoms with Gasteiger partial charge in [0.05, 0.1) is 92.4 Å². The Hall–Kier alpha value is -9.27. The number of carbonyl (C=O) groups is 3. The summed E-state index contributed by atoms with van der Waals surface area (Å²) >= 11 is 0. The van der Waals surface area contributed by atoms with E-state index in [1.54, 1.807) is 21.4 Å². The Morgan fingerprint density at radius 2 is 1.01 bits per heavy atom. The Bertz CT molecular complexity index is 3420. The molecule has 450 valence electrons. The molecule has 5 aliphatic heterocycles. The molecule has 10 heterocycles. The number of H-pyrrole nitrogens is 1. The molecule has 3 aromatic carbocycles. The van der Waals surface area contributed by atoms with Crippen LogP contribution in [0.4, 0.5) is 14.4 Å². The van der Waals surface area contributed by atoms with Crippen LogP contribution in [0.15, 0.2) is 125 Å². The van der Waals surface area contributed by atoms with Gasteiger partial charge in [0.15, 0.2) is 6.54 Å². The molecular weight excluding hydrogens is 1080 g/mol. The molecule has 0 spiro atoms. The second-order valence-corrected chi connectivity index (χ2v) is 20.1. The molecule has 3 amide bonds. The Balaban J connectivity index is 0.000000153. The first-order valence-corrected chi connectivity index (χ1v) is 28.7. The number of terminal acetylenes is 1. The summed E-state index contributed by atoms with van der Waals surface area (Å²) in [4.78, 5) is 52.5. The molecule has 0 fully saturated rings. The molecule has 23 nitrogen and oxygen atoms in total. The predicted octanol–water partition coefficient (Wildman–Crippen LogP) is 7.35.